The van der Waals surface area contributed by atoms with Gasteiger partial charge in [-0.3, -0.25) is 23.8 Å². The van der Waals surface area contributed by atoms with Crippen molar-refractivity contribution < 1.29 is 9.18 Å². The van der Waals surface area contributed by atoms with Crippen molar-refractivity contribution in [1.82, 2.24) is 19.3 Å². The molecule has 178 valence electrons. The van der Waals surface area contributed by atoms with Crippen LogP contribution in [0.5, 0.6) is 0 Å². The number of carbonyl (C=O) groups is 1. The molecule has 0 atom stereocenters. The molecule has 0 aliphatic carbocycles. The molecule has 0 radical (unpaired) electrons. The summed E-state index contributed by atoms with van der Waals surface area (Å²) >= 11 is 1.24. The molecule has 4 aromatic rings. The smallest absolute Gasteiger partial charge is 0.330 e. The monoisotopic (exact) mass is 484 g/mol. The fourth-order valence-corrected chi connectivity index (χ4v) is 4.93. The van der Waals surface area contributed by atoms with Crippen molar-refractivity contribution >= 4 is 39.0 Å². The maximum atomic E-state index is 13.3. The molecule has 11 heteroatoms. The molecule has 0 saturated carbocycles. The van der Waals surface area contributed by atoms with Crippen LogP contribution >= 0.6 is 11.3 Å². The van der Waals surface area contributed by atoms with Crippen molar-refractivity contribution in [3.05, 3.63) is 73.1 Å². The van der Waals surface area contributed by atoms with Gasteiger partial charge in [-0.25, -0.2) is 9.18 Å². The molecule has 3 aromatic heterocycles. The Labute approximate surface area is 198 Å². The van der Waals surface area contributed by atoms with Gasteiger partial charge in [0.15, 0.2) is 5.69 Å². The second-order valence-corrected chi connectivity index (χ2v) is 9.09. The number of benzene rings is 1. The minimum Gasteiger partial charge on any atom is -0.383 e. The summed E-state index contributed by atoms with van der Waals surface area (Å²) in [5.41, 5.74) is 6.40. The van der Waals surface area contributed by atoms with E-state index in [2.05, 4.69) is 10.1 Å². The van der Waals surface area contributed by atoms with Crippen LogP contribution in [0.2, 0.25) is 0 Å². The Bertz CT molecular complexity index is 1480. The van der Waals surface area contributed by atoms with E-state index in [-0.39, 0.29) is 17.3 Å². The number of unbranched alkanes of at least 4 members (excludes halogenated alkanes) is 1. The van der Waals surface area contributed by atoms with E-state index in [9.17, 15) is 18.8 Å². The number of anilines is 2. The number of thiophene rings is 1. The molecule has 1 aromatic carbocycles. The number of halogens is 1. The van der Waals surface area contributed by atoms with Gasteiger partial charge in [0.2, 0.25) is 0 Å². The highest BCUT2D eigenvalue weighted by Crippen LogP contribution is 2.30. The van der Waals surface area contributed by atoms with Crippen LogP contribution in [0.1, 0.15) is 40.7 Å². The number of nitrogens with two attached hydrogens (primary N) is 1. The van der Waals surface area contributed by atoms with Gasteiger partial charge in [0.25, 0.3) is 11.5 Å². The Balaban J connectivity index is 1.69. The number of aromatic amines is 1. The van der Waals surface area contributed by atoms with Crippen molar-refractivity contribution in [2.24, 2.45) is 0 Å². The molecule has 1 amide bonds. The zero-order valence-electron chi connectivity index (χ0n) is 19.1. The molecule has 0 unspecified atom stereocenters. The SMILES string of the molecule is CCCCn1c(N)c(N(C)C(=O)c2cc3c(C)nn(Cc4ccc(F)cc4)c3s2)c(=O)[nH]c1=O. The number of amides is 1. The Kier molecular flexibility index (Phi) is 6.38. The normalized spacial score (nSPS) is 11.3. The van der Waals surface area contributed by atoms with Crippen LogP contribution in [0, 0.1) is 12.7 Å². The quantitative estimate of drug-likeness (QED) is 0.418. The van der Waals surface area contributed by atoms with Crippen molar-refractivity contribution in [3.63, 3.8) is 0 Å². The minimum absolute atomic E-state index is 0.0437. The topological polar surface area (TPSA) is 119 Å². The van der Waals surface area contributed by atoms with E-state index in [1.165, 1.54) is 40.0 Å². The highest BCUT2D eigenvalue weighted by Gasteiger charge is 2.25. The molecule has 0 saturated heterocycles. The lowest BCUT2D eigenvalue weighted by molar-refractivity contribution is 0.0996. The average Bonchev–Trinajstić information content (AvgIpc) is 3.35. The summed E-state index contributed by atoms with van der Waals surface area (Å²) in [5, 5.41) is 5.36. The lowest BCUT2D eigenvalue weighted by atomic mass is 10.2. The molecule has 3 heterocycles. The first-order valence-electron chi connectivity index (χ1n) is 10.8. The lowest BCUT2D eigenvalue weighted by Crippen LogP contribution is -2.39. The van der Waals surface area contributed by atoms with Crippen molar-refractivity contribution in [3.8, 4) is 0 Å². The van der Waals surface area contributed by atoms with Crippen LogP contribution in [-0.4, -0.2) is 32.3 Å². The largest absolute Gasteiger partial charge is 0.383 e. The predicted octanol–water partition coefficient (Wildman–Crippen LogP) is 3.10. The van der Waals surface area contributed by atoms with Gasteiger partial charge in [0.1, 0.15) is 16.5 Å². The van der Waals surface area contributed by atoms with Gasteiger partial charge in [-0.1, -0.05) is 25.5 Å². The summed E-state index contributed by atoms with van der Waals surface area (Å²) in [6, 6.07) is 7.90. The van der Waals surface area contributed by atoms with Gasteiger partial charge in [0.05, 0.1) is 17.1 Å². The number of aryl methyl sites for hydroxylation is 1. The van der Waals surface area contributed by atoms with E-state index < -0.39 is 17.2 Å². The highest BCUT2D eigenvalue weighted by molar-refractivity contribution is 7.20. The molecule has 3 N–H and O–H groups in total. The first-order chi connectivity index (χ1) is 16.2. The van der Waals surface area contributed by atoms with Gasteiger partial charge < -0.3 is 10.6 Å². The fraction of sp³-hybridized carbons (Fsp3) is 0.304. The van der Waals surface area contributed by atoms with Gasteiger partial charge in [-0.2, -0.15) is 5.10 Å². The molecule has 0 fully saturated rings. The predicted molar refractivity (Wildman–Crippen MR) is 131 cm³/mol. The van der Waals surface area contributed by atoms with E-state index >= 15 is 0 Å². The number of aromatic nitrogens is 4. The van der Waals surface area contributed by atoms with E-state index in [0.717, 1.165) is 27.9 Å². The van der Waals surface area contributed by atoms with Crippen LogP contribution in [-0.2, 0) is 13.1 Å². The number of nitrogens with one attached hydrogen (secondary N) is 1. The number of nitrogens with zero attached hydrogens (tertiary/aromatic N) is 4. The van der Waals surface area contributed by atoms with Gasteiger partial charge in [-0.15, -0.1) is 11.3 Å². The first kappa shape index (κ1) is 23.4. The Morgan fingerprint density at radius 2 is 1.97 bits per heavy atom. The van der Waals surface area contributed by atoms with E-state index in [0.29, 0.717) is 24.4 Å². The van der Waals surface area contributed by atoms with Crippen LogP contribution in [0.25, 0.3) is 10.2 Å². The second kappa shape index (κ2) is 9.26. The Hall–Kier alpha value is -3.73. The summed E-state index contributed by atoms with van der Waals surface area (Å²) in [5.74, 6) is -0.780. The van der Waals surface area contributed by atoms with Gasteiger partial charge in [-0.05, 0) is 37.1 Å². The second-order valence-electron chi connectivity index (χ2n) is 8.06. The van der Waals surface area contributed by atoms with E-state index in [4.69, 9.17) is 5.73 Å². The highest BCUT2D eigenvalue weighted by atomic mass is 32.1. The molecule has 4 rings (SSSR count). The van der Waals surface area contributed by atoms with Crippen molar-refractivity contribution in [2.75, 3.05) is 17.7 Å². The van der Waals surface area contributed by atoms with Crippen LogP contribution in [0.15, 0.2) is 39.9 Å². The van der Waals surface area contributed by atoms with Crippen LogP contribution < -0.4 is 21.9 Å². The van der Waals surface area contributed by atoms with E-state index in [1.807, 2.05) is 13.8 Å². The molecule has 34 heavy (non-hydrogen) atoms. The molecular formula is C23H25FN6O3S. The van der Waals surface area contributed by atoms with Crippen molar-refractivity contribution in [1.29, 1.82) is 0 Å². The number of hydrogen-bond acceptors (Lipinski definition) is 6. The fourth-order valence-electron chi connectivity index (χ4n) is 3.79. The van der Waals surface area contributed by atoms with Crippen LogP contribution in [0.4, 0.5) is 15.9 Å². The number of hydrogen-bond donors (Lipinski definition) is 2. The van der Waals surface area contributed by atoms with Gasteiger partial charge in [0, 0.05) is 19.0 Å². The summed E-state index contributed by atoms with van der Waals surface area (Å²) in [6.45, 7) is 4.59. The third-order valence-electron chi connectivity index (χ3n) is 5.65. The Morgan fingerprint density at radius 3 is 2.65 bits per heavy atom. The molecule has 0 bridgehead atoms. The van der Waals surface area contributed by atoms with Crippen LogP contribution in [0.3, 0.4) is 0 Å². The van der Waals surface area contributed by atoms with Gasteiger partial charge >= 0.3 is 5.69 Å². The molecule has 0 aliphatic rings. The number of fused-ring (bicyclic) bond motifs is 1. The summed E-state index contributed by atoms with van der Waals surface area (Å²) in [6.07, 6.45) is 1.54. The number of nitrogen functional groups attached to an aromatic ring is 1. The minimum atomic E-state index is -0.717. The number of H-pyrrole nitrogens is 1. The molecular weight excluding hydrogens is 459 g/mol. The maximum absolute atomic E-state index is 13.3. The maximum Gasteiger partial charge on any atom is 0.330 e. The average molecular weight is 485 g/mol. The number of carbonyl (C=O) groups excluding carboxylic acids is 1. The standard InChI is InChI=1S/C23H25FN6O3S/c1-4-5-10-29-19(25)18(20(31)26-23(29)33)28(3)21(32)17-11-16-13(2)27-30(22(16)34-17)12-14-6-8-15(24)9-7-14/h6-9,11H,4-5,10,12,25H2,1-3H3,(H,26,31,33). The third kappa shape index (κ3) is 4.26. The summed E-state index contributed by atoms with van der Waals surface area (Å²) in [7, 11) is 1.46. The summed E-state index contributed by atoms with van der Waals surface area (Å²) < 4.78 is 16.3. The third-order valence-corrected chi connectivity index (χ3v) is 6.79. The summed E-state index contributed by atoms with van der Waals surface area (Å²) in [4.78, 5) is 42.7. The number of rotatable bonds is 7. The Morgan fingerprint density at radius 1 is 1.26 bits per heavy atom. The first-order valence-corrected chi connectivity index (χ1v) is 11.6. The molecule has 0 spiro atoms. The lowest BCUT2D eigenvalue weighted by Gasteiger charge is -2.19. The van der Waals surface area contributed by atoms with E-state index in [1.54, 1.807) is 22.9 Å². The van der Waals surface area contributed by atoms with Crippen molar-refractivity contribution in [2.45, 2.75) is 39.8 Å². The zero-order valence-corrected chi connectivity index (χ0v) is 19.9. The molecule has 0 aliphatic heterocycles. The zero-order chi connectivity index (χ0) is 24.6. The molecule has 9 nitrogen and oxygen atoms in total.